The molecule has 0 heterocycles. The van der Waals surface area contributed by atoms with Crippen LogP contribution in [0.4, 0.5) is 5.69 Å². The second-order valence-corrected chi connectivity index (χ2v) is 4.12. The van der Waals surface area contributed by atoms with Crippen molar-refractivity contribution in [3.05, 3.63) is 29.8 Å². The largest absolute Gasteiger partial charge is 0.481 e. The fourth-order valence-corrected chi connectivity index (χ4v) is 1.47. The second-order valence-electron chi connectivity index (χ2n) is 4.12. The van der Waals surface area contributed by atoms with E-state index < -0.39 is 11.9 Å². The summed E-state index contributed by atoms with van der Waals surface area (Å²) in [4.78, 5) is 21.1. The number of carboxylic acid groups (broad SMARTS) is 2. The summed E-state index contributed by atoms with van der Waals surface area (Å²) in [6.07, 6.45) is -0.297. The fraction of sp³-hybridized carbons (Fsp3) is 0.308. The number of hydrazone groups is 1. The summed E-state index contributed by atoms with van der Waals surface area (Å²) in [6.45, 7) is 1.93. The summed E-state index contributed by atoms with van der Waals surface area (Å²) in [5.74, 6) is -2.01. The molecule has 0 aliphatic carbocycles. The zero-order valence-corrected chi connectivity index (χ0v) is 10.6. The molecular formula is C13H16N2O4. The number of rotatable bonds is 7. The summed E-state index contributed by atoms with van der Waals surface area (Å²) in [6, 6.07) is 7.43. The Hall–Kier alpha value is -2.37. The van der Waals surface area contributed by atoms with Crippen LogP contribution in [0.5, 0.6) is 0 Å². The van der Waals surface area contributed by atoms with Gasteiger partial charge in [-0.2, -0.15) is 5.10 Å². The molecule has 0 radical (unpaired) electrons. The van der Waals surface area contributed by atoms with Crippen LogP contribution in [0, 0.1) is 6.92 Å². The molecule has 0 saturated heterocycles. The van der Waals surface area contributed by atoms with Crippen LogP contribution >= 0.6 is 0 Å². The third-order valence-electron chi connectivity index (χ3n) is 2.34. The van der Waals surface area contributed by atoms with Gasteiger partial charge in [0.2, 0.25) is 0 Å². The van der Waals surface area contributed by atoms with Crippen molar-refractivity contribution < 1.29 is 19.8 Å². The van der Waals surface area contributed by atoms with E-state index in [4.69, 9.17) is 10.2 Å². The quantitative estimate of drug-likeness (QED) is 0.517. The van der Waals surface area contributed by atoms with Crippen LogP contribution in [0.2, 0.25) is 0 Å². The first kappa shape index (κ1) is 14.7. The smallest absolute Gasteiger partial charge is 0.309 e. The SMILES string of the molecule is Cc1cccc(NN=C(CCC(=O)O)CC(=O)O)c1. The van der Waals surface area contributed by atoms with Gasteiger partial charge in [0, 0.05) is 5.71 Å². The van der Waals surface area contributed by atoms with E-state index >= 15 is 0 Å². The Balaban J connectivity index is 2.70. The van der Waals surface area contributed by atoms with Gasteiger partial charge in [-0.3, -0.25) is 15.0 Å². The molecule has 0 saturated carbocycles. The number of hydrogen-bond acceptors (Lipinski definition) is 4. The van der Waals surface area contributed by atoms with Crippen LogP contribution in [0.3, 0.4) is 0 Å². The maximum atomic E-state index is 10.7. The highest BCUT2D eigenvalue weighted by atomic mass is 16.4. The van der Waals surface area contributed by atoms with Crippen LogP contribution in [-0.4, -0.2) is 27.9 Å². The van der Waals surface area contributed by atoms with Crippen LogP contribution in [-0.2, 0) is 9.59 Å². The number of nitrogens with zero attached hydrogens (tertiary/aromatic N) is 1. The Morgan fingerprint density at radius 3 is 2.53 bits per heavy atom. The molecule has 0 aliphatic rings. The lowest BCUT2D eigenvalue weighted by molar-refractivity contribution is -0.137. The summed E-state index contributed by atoms with van der Waals surface area (Å²) in [5.41, 5.74) is 4.83. The highest BCUT2D eigenvalue weighted by Crippen LogP contribution is 2.10. The molecule has 0 amide bonds. The lowest BCUT2D eigenvalue weighted by Crippen LogP contribution is -2.11. The number of carboxylic acids is 2. The molecule has 102 valence electrons. The highest BCUT2D eigenvalue weighted by Gasteiger charge is 2.08. The summed E-state index contributed by atoms with van der Waals surface area (Å²) < 4.78 is 0. The predicted octanol–water partition coefficient (Wildman–Crippen LogP) is 2.10. The molecule has 0 unspecified atom stereocenters. The van der Waals surface area contributed by atoms with Crippen molar-refractivity contribution in [3.8, 4) is 0 Å². The molecule has 6 heteroatoms. The van der Waals surface area contributed by atoms with E-state index in [9.17, 15) is 9.59 Å². The predicted molar refractivity (Wildman–Crippen MR) is 71.4 cm³/mol. The van der Waals surface area contributed by atoms with E-state index in [2.05, 4.69) is 10.5 Å². The first-order chi connectivity index (χ1) is 8.97. The molecule has 1 rings (SSSR count). The molecular weight excluding hydrogens is 248 g/mol. The highest BCUT2D eigenvalue weighted by molar-refractivity contribution is 5.99. The third-order valence-corrected chi connectivity index (χ3v) is 2.34. The van der Waals surface area contributed by atoms with Crippen molar-refractivity contribution in [1.82, 2.24) is 0 Å². The molecule has 1 aromatic rings. The average molecular weight is 264 g/mol. The first-order valence-electron chi connectivity index (χ1n) is 5.79. The van der Waals surface area contributed by atoms with Crippen molar-refractivity contribution >= 4 is 23.3 Å². The van der Waals surface area contributed by atoms with Gasteiger partial charge in [-0.05, 0) is 31.0 Å². The number of aliphatic carboxylic acids is 2. The molecule has 1 aromatic carbocycles. The molecule has 0 spiro atoms. The Bertz CT molecular complexity index is 497. The van der Waals surface area contributed by atoms with Crippen molar-refractivity contribution in [2.45, 2.75) is 26.2 Å². The summed E-state index contributed by atoms with van der Waals surface area (Å²) >= 11 is 0. The Morgan fingerprint density at radius 1 is 1.21 bits per heavy atom. The summed E-state index contributed by atoms with van der Waals surface area (Å²) in [5, 5.41) is 21.3. The molecule has 0 bridgehead atoms. The van der Waals surface area contributed by atoms with Crippen molar-refractivity contribution in [3.63, 3.8) is 0 Å². The summed E-state index contributed by atoms with van der Waals surface area (Å²) in [7, 11) is 0. The molecule has 19 heavy (non-hydrogen) atoms. The molecule has 6 nitrogen and oxygen atoms in total. The van der Waals surface area contributed by atoms with Crippen molar-refractivity contribution in [1.29, 1.82) is 0 Å². The van der Waals surface area contributed by atoms with Crippen LogP contribution < -0.4 is 5.43 Å². The monoisotopic (exact) mass is 264 g/mol. The van der Waals surface area contributed by atoms with Gasteiger partial charge in [0.05, 0.1) is 18.5 Å². The number of carbonyl (C=O) groups is 2. The normalized spacial score (nSPS) is 11.1. The van der Waals surface area contributed by atoms with E-state index in [1.807, 2.05) is 25.1 Å². The molecule has 0 atom stereocenters. The first-order valence-corrected chi connectivity index (χ1v) is 5.79. The number of benzene rings is 1. The van der Waals surface area contributed by atoms with Crippen LogP contribution in [0.25, 0.3) is 0 Å². The molecule has 0 aromatic heterocycles. The van der Waals surface area contributed by atoms with Gasteiger partial charge < -0.3 is 10.2 Å². The maximum Gasteiger partial charge on any atom is 0.309 e. The van der Waals surface area contributed by atoms with Gasteiger partial charge in [-0.1, -0.05) is 12.1 Å². The number of aryl methyl sites for hydroxylation is 1. The van der Waals surface area contributed by atoms with Gasteiger partial charge in [-0.15, -0.1) is 0 Å². The zero-order valence-electron chi connectivity index (χ0n) is 10.6. The third kappa shape index (κ3) is 6.21. The Labute approximate surface area is 110 Å². The van der Waals surface area contributed by atoms with Crippen LogP contribution in [0.1, 0.15) is 24.8 Å². The van der Waals surface area contributed by atoms with Crippen LogP contribution in [0.15, 0.2) is 29.4 Å². The standard InChI is InChI=1S/C13H16N2O4/c1-9-3-2-4-10(7-9)14-15-11(8-13(18)19)5-6-12(16)17/h2-4,7,14H,5-6,8H2,1H3,(H,16,17)(H,18,19). The number of nitrogens with one attached hydrogen (secondary N) is 1. The number of hydrogen-bond donors (Lipinski definition) is 3. The number of anilines is 1. The second kappa shape index (κ2) is 7.15. The Kier molecular flexibility index (Phi) is 5.53. The van der Waals surface area contributed by atoms with E-state index in [0.717, 1.165) is 11.3 Å². The fourth-order valence-electron chi connectivity index (χ4n) is 1.47. The van der Waals surface area contributed by atoms with Gasteiger partial charge in [0.1, 0.15) is 0 Å². The van der Waals surface area contributed by atoms with Crippen molar-refractivity contribution in [2.75, 3.05) is 5.43 Å². The Morgan fingerprint density at radius 2 is 1.95 bits per heavy atom. The topological polar surface area (TPSA) is 99.0 Å². The maximum absolute atomic E-state index is 10.7. The lowest BCUT2D eigenvalue weighted by atomic mass is 10.1. The minimum Gasteiger partial charge on any atom is -0.481 e. The molecule has 3 N–H and O–H groups in total. The molecule has 0 aliphatic heterocycles. The van der Waals surface area contributed by atoms with E-state index in [1.165, 1.54) is 0 Å². The zero-order chi connectivity index (χ0) is 14.3. The van der Waals surface area contributed by atoms with E-state index in [0.29, 0.717) is 5.71 Å². The van der Waals surface area contributed by atoms with Crippen molar-refractivity contribution in [2.24, 2.45) is 5.10 Å². The van der Waals surface area contributed by atoms with Gasteiger partial charge in [0.15, 0.2) is 0 Å². The van der Waals surface area contributed by atoms with E-state index in [-0.39, 0.29) is 19.3 Å². The van der Waals surface area contributed by atoms with E-state index in [1.54, 1.807) is 6.07 Å². The minimum atomic E-state index is -1.03. The molecule has 0 fully saturated rings. The van der Waals surface area contributed by atoms with Gasteiger partial charge in [-0.25, -0.2) is 0 Å². The van der Waals surface area contributed by atoms with Gasteiger partial charge in [0.25, 0.3) is 0 Å². The average Bonchev–Trinajstić information content (AvgIpc) is 2.32. The minimum absolute atomic E-state index is 0.112. The van der Waals surface area contributed by atoms with Gasteiger partial charge >= 0.3 is 11.9 Å². The lowest BCUT2D eigenvalue weighted by Gasteiger charge is -2.05.